The van der Waals surface area contributed by atoms with Crippen LogP contribution in [0.25, 0.3) is 0 Å². The van der Waals surface area contributed by atoms with Gasteiger partial charge in [-0.2, -0.15) is 0 Å². The molecule has 1 heterocycles. The van der Waals surface area contributed by atoms with Gasteiger partial charge in [0.15, 0.2) is 9.84 Å². The molecule has 1 amide bonds. The Morgan fingerprint density at radius 2 is 1.89 bits per heavy atom. The molecule has 6 heteroatoms. The van der Waals surface area contributed by atoms with E-state index in [1.54, 1.807) is 17.0 Å². The maximum absolute atomic E-state index is 12.2. The molecular weight excluding hydrogens is 252 g/mol. The van der Waals surface area contributed by atoms with Gasteiger partial charge in [0.1, 0.15) is 0 Å². The minimum atomic E-state index is -2.97. The van der Waals surface area contributed by atoms with E-state index in [0.717, 1.165) is 5.56 Å². The van der Waals surface area contributed by atoms with Gasteiger partial charge in [-0.15, -0.1) is 0 Å². The number of rotatable bonds is 1. The van der Waals surface area contributed by atoms with E-state index in [1.807, 2.05) is 13.0 Å². The van der Waals surface area contributed by atoms with Crippen LogP contribution in [-0.2, 0) is 9.84 Å². The Morgan fingerprint density at radius 1 is 1.28 bits per heavy atom. The summed E-state index contributed by atoms with van der Waals surface area (Å²) in [6.07, 6.45) is 0. The van der Waals surface area contributed by atoms with Crippen molar-refractivity contribution in [2.45, 2.75) is 6.92 Å². The molecule has 98 valence electrons. The predicted octanol–water partition coefficient (Wildman–Crippen LogP) is 0.448. The van der Waals surface area contributed by atoms with Crippen LogP contribution in [0.5, 0.6) is 0 Å². The van der Waals surface area contributed by atoms with E-state index >= 15 is 0 Å². The average molecular weight is 268 g/mol. The molecule has 1 aromatic rings. The number of nitrogens with two attached hydrogens (primary N) is 1. The number of carbonyl (C=O) groups excluding carboxylic acids is 1. The highest BCUT2D eigenvalue weighted by molar-refractivity contribution is 7.91. The summed E-state index contributed by atoms with van der Waals surface area (Å²) in [5.41, 5.74) is 7.69. The Hall–Kier alpha value is -1.56. The molecular formula is C12H16N2O3S. The quantitative estimate of drug-likeness (QED) is 0.750. The molecule has 0 spiro atoms. The number of hydrogen-bond acceptors (Lipinski definition) is 4. The summed E-state index contributed by atoms with van der Waals surface area (Å²) in [6, 6.07) is 5.26. The second-order valence-corrected chi connectivity index (χ2v) is 6.84. The lowest BCUT2D eigenvalue weighted by atomic mass is 10.1. The van der Waals surface area contributed by atoms with Crippen LogP contribution in [0, 0.1) is 6.92 Å². The Balaban J connectivity index is 2.17. The molecule has 1 saturated heterocycles. The molecule has 1 aromatic carbocycles. The smallest absolute Gasteiger partial charge is 0.256 e. The molecule has 0 aliphatic carbocycles. The molecule has 0 unspecified atom stereocenters. The summed E-state index contributed by atoms with van der Waals surface area (Å²) >= 11 is 0. The van der Waals surface area contributed by atoms with E-state index in [0.29, 0.717) is 11.3 Å². The molecule has 2 N–H and O–H groups in total. The highest BCUT2D eigenvalue weighted by Gasteiger charge is 2.26. The third kappa shape index (κ3) is 2.64. The third-order valence-electron chi connectivity index (χ3n) is 3.07. The number of anilines is 1. The normalized spacial score (nSPS) is 18.6. The first-order chi connectivity index (χ1) is 8.39. The van der Waals surface area contributed by atoms with E-state index in [-0.39, 0.29) is 30.5 Å². The molecule has 2 rings (SSSR count). The second kappa shape index (κ2) is 4.61. The first kappa shape index (κ1) is 12.9. The average Bonchev–Trinajstić information content (AvgIpc) is 2.28. The van der Waals surface area contributed by atoms with E-state index in [4.69, 9.17) is 5.73 Å². The van der Waals surface area contributed by atoms with Gasteiger partial charge in [0, 0.05) is 18.8 Å². The van der Waals surface area contributed by atoms with Crippen LogP contribution >= 0.6 is 0 Å². The van der Waals surface area contributed by atoms with Crippen molar-refractivity contribution in [3.05, 3.63) is 29.3 Å². The fraction of sp³-hybridized carbons (Fsp3) is 0.417. The Morgan fingerprint density at radius 3 is 2.44 bits per heavy atom. The summed E-state index contributed by atoms with van der Waals surface area (Å²) in [6.45, 7) is 2.39. The Labute approximate surface area is 107 Å². The number of hydrogen-bond donors (Lipinski definition) is 1. The lowest BCUT2D eigenvalue weighted by Crippen LogP contribution is -2.43. The van der Waals surface area contributed by atoms with Crippen LogP contribution in [0.1, 0.15) is 15.9 Å². The standard InChI is InChI=1S/C12H16N2O3S/c1-9-2-3-10(11(13)8-9)12(15)14-4-6-18(16,17)7-5-14/h2-3,8H,4-7,13H2,1H3. The van der Waals surface area contributed by atoms with Gasteiger partial charge in [0.25, 0.3) is 5.91 Å². The SMILES string of the molecule is Cc1ccc(C(=O)N2CCS(=O)(=O)CC2)c(N)c1. The Bertz CT molecular complexity index is 567. The maximum atomic E-state index is 12.2. The molecule has 1 aliphatic heterocycles. The first-order valence-corrected chi connectivity index (χ1v) is 7.57. The van der Waals surface area contributed by atoms with Crippen molar-refractivity contribution in [1.82, 2.24) is 4.90 Å². The lowest BCUT2D eigenvalue weighted by molar-refractivity contribution is 0.0771. The van der Waals surface area contributed by atoms with Crippen LogP contribution in [0.15, 0.2) is 18.2 Å². The highest BCUT2D eigenvalue weighted by Crippen LogP contribution is 2.17. The maximum Gasteiger partial charge on any atom is 0.256 e. The van der Waals surface area contributed by atoms with Crippen LogP contribution in [-0.4, -0.2) is 43.8 Å². The number of benzene rings is 1. The van der Waals surface area contributed by atoms with Gasteiger partial charge in [-0.1, -0.05) is 6.07 Å². The summed E-state index contributed by atoms with van der Waals surface area (Å²) in [4.78, 5) is 13.7. The molecule has 5 nitrogen and oxygen atoms in total. The van der Waals surface area contributed by atoms with Crippen molar-refractivity contribution in [2.24, 2.45) is 0 Å². The zero-order valence-corrected chi connectivity index (χ0v) is 11.0. The van der Waals surface area contributed by atoms with Gasteiger partial charge >= 0.3 is 0 Å². The molecule has 18 heavy (non-hydrogen) atoms. The second-order valence-electron chi connectivity index (χ2n) is 4.53. The van der Waals surface area contributed by atoms with E-state index in [2.05, 4.69) is 0 Å². The van der Waals surface area contributed by atoms with E-state index in [1.165, 1.54) is 0 Å². The summed E-state index contributed by atoms with van der Waals surface area (Å²) < 4.78 is 22.6. The van der Waals surface area contributed by atoms with Gasteiger partial charge in [-0.3, -0.25) is 4.79 Å². The number of carbonyl (C=O) groups is 1. The van der Waals surface area contributed by atoms with Crippen LogP contribution in [0.2, 0.25) is 0 Å². The van der Waals surface area contributed by atoms with Crippen molar-refractivity contribution < 1.29 is 13.2 Å². The number of amides is 1. The minimum absolute atomic E-state index is 0.0322. The topological polar surface area (TPSA) is 80.5 Å². The number of aryl methyl sites for hydroxylation is 1. The summed E-state index contributed by atoms with van der Waals surface area (Å²) in [5.74, 6) is -0.128. The van der Waals surface area contributed by atoms with Crippen molar-refractivity contribution >= 4 is 21.4 Å². The molecule has 0 saturated carbocycles. The van der Waals surface area contributed by atoms with E-state index in [9.17, 15) is 13.2 Å². The van der Waals surface area contributed by atoms with Gasteiger partial charge in [-0.25, -0.2) is 8.42 Å². The Kier molecular flexibility index (Phi) is 3.30. The van der Waals surface area contributed by atoms with Crippen molar-refractivity contribution in [3.63, 3.8) is 0 Å². The third-order valence-corrected chi connectivity index (χ3v) is 4.68. The van der Waals surface area contributed by atoms with Crippen molar-refractivity contribution in [3.8, 4) is 0 Å². The van der Waals surface area contributed by atoms with Gasteiger partial charge in [0.2, 0.25) is 0 Å². The zero-order chi connectivity index (χ0) is 13.3. The number of sulfone groups is 1. The molecule has 0 atom stereocenters. The van der Waals surface area contributed by atoms with Gasteiger partial charge in [-0.05, 0) is 24.6 Å². The van der Waals surface area contributed by atoms with Gasteiger partial charge in [0.05, 0.1) is 17.1 Å². The summed E-state index contributed by atoms with van der Waals surface area (Å²) in [7, 11) is -2.97. The molecule has 1 aliphatic rings. The van der Waals surface area contributed by atoms with Crippen molar-refractivity contribution in [1.29, 1.82) is 0 Å². The molecule has 0 radical (unpaired) electrons. The molecule has 1 fully saturated rings. The lowest BCUT2D eigenvalue weighted by Gasteiger charge is -2.27. The summed E-state index contributed by atoms with van der Waals surface area (Å²) in [5, 5.41) is 0. The van der Waals surface area contributed by atoms with Gasteiger partial charge < -0.3 is 10.6 Å². The number of nitrogen functional groups attached to an aromatic ring is 1. The predicted molar refractivity (Wildman–Crippen MR) is 70.1 cm³/mol. The van der Waals surface area contributed by atoms with Crippen LogP contribution < -0.4 is 5.73 Å². The minimum Gasteiger partial charge on any atom is -0.398 e. The van der Waals surface area contributed by atoms with Crippen LogP contribution in [0.3, 0.4) is 0 Å². The zero-order valence-electron chi connectivity index (χ0n) is 10.2. The number of nitrogens with zero attached hydrogens (tertiary/aromatic N) is 1. The highest BCUT2D eigenvalue weighted by atomic mass is 32.2. The molecule has 0 aromatic heterocycles. The largest absolute Gasteiger partial charge is 0.398 e. The first-order valence-electron chi connectivity index (χ1n) is 5.75. The van der Waals surface area contributed by atoms with E-state index < -0.39 is 9.84 Å². The fourth-order valence-electron chi connectivity index (χ4n) is 1.96. The van der Waals surface area contributed by atoms with Crippen molar-refractivity contribution in [2.75, 3.05) is 30.3 Å². The fourth-order valence-corrected chi connectivity index (χ4v) is 3.16. The van der Waals surface area contributed by atoms with Crippen LogP contribution in [0.4, 0.5) is 5.69 Å². The molecule has 0 bridgehead atoms. The monoisotopic (exact) mass is 268 g/mol.